The minimum Gasteiger partial charge on any atom is -0.369 e. The number of hydrogen-bond donors (Lipinski definition) is 1. The Morgan fingerprint density at radius 1 is 1.08 bits per heavy atom. The molecule has 0 spiro atoms. The van der Waals surface area contributed by atoms with E-state index in [2.05, 4.69) is 46.4 Å². The second-order valence-electron chi connectivity index (χ2n) is 6.47. The summed E-state index contributed by atoms with van der Waals surface area (Å²) in [6.07, 6.45) is 0.754. The highest BCUT2D eigenvalue weighted by atomic mass is 19.1. The molecular weight excluding hydrogens is 317 g/mol. The first-order valence-corrected chi connectivity index (χ1v) is 8.68. The van der Waals surface area contributed by atoms with Gasteiger partial charge in [0, 0.05) is 44.0 Å². The first-order chi connectivity index (χ1) is 12.1. The van der Waals surface area contributed by atoms with E-state index in [1.807, 2.05) is 0 Å². The normalized spacial score (nSPS) is 15.2. The van der Waals surface area contributed by atoms with Crippen molar-refractivity contribution in [3.63, 3.8) is 0 Å². The third-order valence-electron chi connectivity index (χ3n) is 4.59. The van der Waals surface area contributed by atoms with Gasteiger partial charge in [0.1, 0.15) is 5.82 Å². The predicted octanol–water partition coefficient (Wildman–Crippen LogP) is 2.55. The number of amides is 1. The molecule has 1 N–H and O–H groups in total. The fourth-order valence-corrected chi connectivity index (χ4v) is 2.99. The van der Waals surface area contributed by atoms with E-state index in [9.17, 15) is 9.18 Å². The van der Waals surface area contributed by atoms with Crippen LogP contribution in [0.4, 0.5) is 10.1 Å². The molecule has 25 heavy (non-hydrogen) atoms. The van der Waals surface area contributed by atoms with E-state index in [-0.39, 0.29) is 5.91 Å². The number of hydrogen-bond acceptors (Lipinski definition) is 3. The molecule has 0 bridgehead atoms. The number of nitrogens with one attached hydrogen (secondary N) is 1. The molecule has 2 aromatic rings. The highest BCUT2D eigenvalue weighted by Crippen LogP contribution is 2.17. The molecule has 5 heteroatoms. The average molecular weight is 341 g/mol. The first kappa shape index (κ1) is 17.4. The maximum atomic E-state index is 13.1. The summed E-state index contributed by atoms with van der Waals surface area (Å²) in [7, 11) is 2.15. The van der Waals surface area contributed by atoms with Crippen molar-refractivity contribution >= 4 is 11.6 Å². The minimum atomic E-state index is -0.396. The lowest BCUT2D eigenvalue weighted by Gasteiger charge is -2.34. The Kier molecular flexibility index (Phi) is 5.66. The molecule has 1 fully saturated rings. The monoisotopic (exact) mass is 341 g/mol. The molecule has 1 aliphatic rings. The van der Waals surface area contributed by atoms with E-state index in [4.69, 9.17) is 0 Å². The number of piperazine rings is 1. The summed E-state index contributed by atoms with van der Waals surface area (Å²) in [6.45, 7) is 4.82. The quantitative estimate of drug-likeness (QED) is 0.908. The molecule has 1 amide bonds. The van der Waals surface area contributed by atoms with E-state index in [0.717, 1.165) is 32.6 Å². The van der Waals surface area contributed by atoms with Gasteiger partial charge in [-0.1, -0.05) is 18.2 Å². The van der Waals surface area contributed by atoms with Crippen LogP contribution in [0.5, 0.6) is 0 Å². The van der Waals surface area contributed by atoms with Gasteiger partial charge in [-0.15, -0.1) is 0 Å². The van der Waals surface area contributed by atoms with Crippen LogP contribution in [0.15, 0.2) is 48.5 Å². The Labute approximate surface area is 148 Å². The zero-order valence-electron chi connectivity index (χ0n) is 14.5. The SMILES string of the molecule is CN1CCN(c2ccc(CCNC(=O)c3cccc(F)c3)cc2)CC1. The van der Waals surface area contributed by atoms with E-state index in [1.165, 1.54) is 23.4 Å². The van der Waals surface area contributed by atoms with Crippen LogP contribution >= 0.6 is 0 Å². The Morgan fingerprint density at radius 3 is 2.48 bits per heavy atom. The number of carbonyl (C=O) groups is 1. The van der Waals surface area contributed by atoms with Crippen LogP contribution in [0.3, 0.4) is 0 Å². The average Bonchev–Trinajstić information content (AvgIpc) is 2.63. The molecule has 0 unspecified atom stereocenters. The van der Waals surface area contributed by atoms with Crippen LogP contribution in [0, 0.1) is 5.82 Å². The van der Waals surface area contributed by atoms with Crippen molar-refractivity contribution in [1.82, 2.24) is 10.2 Å². The Balaban J connectivity index is 1.48. The molecule has 1 heterocycles. The van der Waals surface area contributed by atoms with Crippen LogP contribution in [0.25, 0.3) is 0 Å². The molecule has 0 aromatic heterocycles. The molecule has 1 aliphatic heterocycles. The summed E-state index contributed by atoms with van der Waals surface area (Å²) in [5, 5.41) is 2.84. The van der Waals surface area contributed by atoms with E-state index >= 15 is 0 Å². The van der Waals surface area contributed by atoms with Gasteiger partial charge in [-0.2, -0.15) is 0 Å². The molecule has 0 atom stereocenters. The number of halogens is 1. The van der Waals surface area contributed by atoms with Gasteiger partial charge >= 0.3 is 0 Å². The second kappa shape index (κ2) is 8.12. The molecule has 4 nitrogen and oxygen atoms in total. The molecule has 1 saturated heterocycles. The number of likely N-dealkylation sites (N-methyl/N-ethyl adjacent to an activating group) is 1. The van der Waals surface area contributed by atoms with Gasteiger partial charge in [-0.3, -0.25) is 4.79 Å². The second-order valence-corrected chi connectivity index (χ2v) is 6.47. The fourth-order valence-electron chi connectivity index (χ4n) is 2.99. The summed E-state index contributed by atoms with van der Waals surface area (Å²) in [5.41, 5.74) is 2.78. The minimum absolute atomic E-state index is 0.242. The number of rotatable bonds is 5. The Bertz CT molecular complexity index is 709. The summed E-state index contributed by atoms with van der Waals surface area (Å²) >= 11 is 0. The van der Waals surface area contributed by atoms with Gasteiger partial charge in [-0.25, -0.2) is 4.39 Å². The lowest BCUT2D eigenvalue weighted by molar-refractivity contribution is 0.0953. The number of carbonyl (C=O) groups excluding carboxylic acids is 1. The molecule has 0 saturated carbocycles. The lowest BCUT2D eigenvalue weighted by Crippen LogP contribution is -2.44. The van der Waals surface area contributed by atoms with Crippen LogP contribution in [0.1, 0.15) is 15.9 Å². The van der Waals surface area contributed by atoms with Crippen LogP contribution in [-0.2, 0) is 6.42 Å². The van der Waals surface area contributed by atoms with Crippen LogP contribution < -0.4 is 10.2 Å². The third-order valence-corrected chi connectivity index (χ3v) is 4.59. The number of benzene rings is 2. The summed E-state index contributed by atoms with van der Waals surface area (Å²) < 4.78 is 13.1. The Morgan fingerprint density at radius 2 is 1.80 bits per heavy atom. The highest BCUT2D eigenvalue weighted by Gasteiger charge is 2.14. The fraction of sp³-hybridized carbons (Fsp3) is 0.350. The predicted molar refractivity (Wildman–Crippen MR) is 98.6 cm³/mol. The van der Waals surface area contributed by atoms with Gasteiger partial charge in [-0.05, 0) is 49.4 Å². The van der Waals surface area contributed by atoms with Crippen LogP contribution in [0.2, 0.25) is 0 Å². The van der Waals surface area contributed by atoms with Crippen LogP contribution in [-0.4, -0.2) is 50.6 Å². The van der Waals surface area contributed by atoms with Gasteiger partial charge in [0.25, 0.3) is 5.91 Å². The van der Waals surface area contributed by atoms with Crippen molar-refractivity contribution in [3.8, 4) is 0 Å². The van der Waals surface area contributed by atoms with Crippen molar-refractivity contribution < 1.29 is 9.18 Å². The molecular formula is C20H24FN3O. The largest absolute Gasteiger partial charge is 0.369 e. The smallest absolute Gasteiger partial charge is 0.251 e. The van der Waals surface area contributed by atoms with Gasteiger partial charge in [0.2, 0.25) is 0 Å². The van der Waals surface area contributed by atoms with Crippen molar-refractivity contribution in [2.75, 3.05) is 44.7 Å². The molecule has 132 valence electrons. The number of anilines is 1. The van der Waals surface area contributed by atoms with Crippen molar-refractivity contribution in [3.05, 3.63) is 65.5 Å². The summed E-state index contributed by atoms with van der Waals surface area (Å²) in [6, 6.07) is 14.3. The lowest BCUT2D eigenvalue weighted by atomic mass is 10.1. The highest BCUT2D eigenvalue weighted by molar-refractivity contribution is 5.94. The zero-order valence-corrected chi connectivity index (χ0v) is 14.5. The van der Waals surface area contributed by atoms with Gasteiger partial charge in [0.05, 0.1) is 0 Å². The maximum absolute atomic E-state index is 13.1. The molecule has 2 aromatic carbocycles. The van der Waals surface area contributed by atoms with E-state index in [1.54, 1.807) is 12.1 Å². The summed E-state index contributed by atoms with van der Waals surface area (Å²) in [5.74, 6) is -0.638. The molecule has 0 aliphatic carbocycles. The molecule has 3 rings (SSSR count). The van der Waals surface area contributed by atoms with Gasteiger partial charge < -0.3 is 15.1 Å². The van der Waals surface area contributed by atoms with Crippen molar-refractivity contribution in [2.24, 2.45) is 0 Å². The van der Waals surface area contributed by atoms with Crippen molar-refractivity contribution in [1.29, 1.82) is 0 Å². The topological polar surface area (TPSA) is 35.6 Å². The van der Waals surface area contributed by atoms with E-state index in [0.29, 0.717) is 12.1 Å². The van der Waals surface area contributed by atoms with Gasteiger partial charge in [0.15, 0.2) is 0 Å². The standard InChI is InChI=1S/C20H24FN3O/c1-23-11-13-24(14-12-23)19-7-5-16(6-8-19)9-10-22-20(25)17-3-2-4-18(21)15-17/h2-8,15H,9-14H2,1H3,(H,22,25). The summed E-state index contributed by atoms with van der Waals surface area (Å²) in [4.78, 5) is 16.7. The zero-order chi connectivity index (χ0) is 17.6. The van der Waals surface area contributed by atoms with Crippen molar-refractivity contribution in [2.45, 2.75) is 6.42 Å². The number of nitrogens with zero attached hydrogens (tertiary/aromatic N) is 2. The Hall–Kier alpha value is -2.40. The maximum Gasteiger partial charge on any atom is 0.251 e. The first-order valence-electron chi connectivity index (χ1n) is 8.68. The van der Waals surface area contributed by atoms with E-state index < -0.39 is 5.82 Å². The third kappa shape index (κ3) is 4.79. The molecule has 0 radical (unpaired) electrons.